The van der Waals surface area contributed by atoms with Crippen LogP contribution in [0.1, 0.15) is 70.9 Å². The van der Waals surface area contributed by atoms with Gasteiger partial charge < -0.3 is 20.3 Å². The predicted octanol–water partition coefficient (Wildman–Crippen LogP) is 4.46. The van der Waals surface area contributed by atoms with E-state index in [0.717, 1.165) is 23.3 Å². The monoisotopic (exact) mass is 749 g/mol. The van der Waals surface area contributed by atoms with Crippen LogP contribution in [0.15, 0.2) is 36.4 Å². The number of benzene rings is 2. The number of ether oxygens (including phenoxy) is 1. The number of anilines is 1. The molecular formula is C35H42ClF2N5O7S. The van der Waals surface area contributed by atoms with Crippen LogP contribution < -0.4 is 15.4 Å². The molecule has 0 aromatic heterocycles. The number of fused-ring (bicyclic) bond motifs is 1. The van der Waals surface area contributed by atoms with E-state index in [1.165, 1.54) is 15.9 Å². The zero-order chi connectivity index (χ0) is 37.0. The molecule has 3 N–H and O–H groups in total. The first-order valence-electron chi connectivity index (χ1n) is 17.1. The van der Waals surface area contributed by atoms with E-state index in [1.54, 1.807) is 32.9 Å². The molecule has 0 bridgehead atoms. The first-order valence-corrected chi connectivity index (χ1v) is 19.0. The van der Waals surface area contributed by atoms with Gasteiger partial charge in [-0.1, -0.05) is 57.8 Å². The number of carbonyl (C=O) groups is 4. The van der Waals surface area contributed by atoms with Crippen LogP contribution in [0.2, 0.25) is 5.02 Å². The predicted molar refractivity (Wildman–Crippen MR) is 184 cm³/mol. The van der Waals surface area contributed by atoms with E-state index in [4.69, 9.17) is 16.3 Å². The Kier molecular flexibility index (Phi) is 9.76. The molecule has 0 spiro atoms. The normalized spacial score (nSPS) is 24.8. The number of rotatable bonds is 10. The average molecular weight is 750 g/mol. The highest BCUT2D eigenvalue weighted by Gasteiger charge is 2.62. The van der Waals surface area contributed by atoms with Crippen molar-refractivity contribution in [3.63, 3.8) is 0 Å². The molecule has 3 fully saturated rings. The zero-order valence-corrected chi connectivity index (χ0v) is 30.4. The summed E-state index contributed by atoms with van der Waals surface area (Å²) in [5.74, 6) is -4.62. The van der Waals surface area contributed by atoms with Gasteiger partial charge in [0.1, 0.15) is 23.7 Å². The molecule has 5 atom stereocenters. The zero-order valence-electron chi connectivity index (χ0n) is 28.8. The summed E-state index contributed by atoms with van der Waals surface area (Å²) in [7, 11) is -3.90. The Hall–Kier alpha value is -3.98. The minimum absolute atomic E-state index is 0.109. The number of nitrogens with one attached hydrogen (secondary N) is 3. The highest BCUT2D eigenvalue weighted by molar-refractivity contribution is 7.91. The lowest BCUT2D eigenvalue weighted by molar-refractivity contribution is -0.141. The summed E-state index contributed by atoms with van der Waals surface area (Å²) < 4.78 is 61.2. The molecule has 6 rings (SSSR count). The molecule has 4 aliphatic rings. The number of hydrogen-bond donors (Lipinski definition) is 3. The smallest absolute Gasteiger partial charge is 0.410 e. The van der Waals surface area contributed by atoms with Crippen molar-refractivity contribution in [2.45, 2.75) is 102 Å². The highest BCUT2D eigenvalue weighted by Crippen LogP contribution is 2.47. The van der Waals surface area contributed by atoms with Gasteiger partial charge in [0, 0.05) is 29.7 Å². The number of halogens is 3. The molecule has 12 nitrogen and oxygen atoms in total. The van der Waals surface area contributed by atoms with Crippen molar-refractivity contribution in [2.24, 2.45) is 11.3 Å². The minimum Gasteiger partial charge on any atom is -0.444 e. The quantitative estimate of drug-likeness (QED) is 0.322. The van der Waals surface area contributed by atoms with Crippen molar-refractivity contribution in [2.75, 3.05) is 11.9 Å². The van der Waals surface area contributed by atoms with Gasteiger partial charge in [-0.2, -0.15) is 0 Å². The Morgan fingerprint density at radius 2 is 1.80 bits per heavy atom. The number of amides is 4. The molecule has 2 aliphatic carbocycles. The van der Waals surface area contributed by atoms with Crippen molar-refractivity contribution in [3.05, 3.63) is 64.2 Å². The summed E-state index contributed by atoms with van der Waals surface area (Å²) in [6.45, 7) is 7.41. The van der Waals surface area contributed by atoms with E-state index in [9.17, 15) is 36.4 Å². The maximum absolute atomic E-state index is 14.4. The van der Waals surface area contributed by atoms with Crippen molar-refractivity contribution in [3.8, 4) is 0 Å². The van der Waals surface area contributed by atoms with Crippen LogP contribution in [-0.2, 0) is 42.2 Å². The van der Waals surface area contributed by atoms with Crippen molar-refractivity contribution in [1.82, 2.24) is 19.8 Å². The van der Waals surface area contributed by atoms with Gasteiger partial charge in [-0.05, 0) is 59.9 Å². The largest absolute Gasteiger partial charge is 0.444 e. The highest BCUT2D eigenvalue weighted by atomic mass is 35.5. The van der Waals surface area contributed by atoms with Gasteiger partial charge in [0.25, 0.3) is 5.91 Å². The van der Waals surface area contributed by atoms with Crippen LogP contribution in [0.4, 0.5) is 19.3 Å². The molecule has 1 saturated heterocycles. The maximum atomic E-state index is 14.4. The van der Waals surface area contributed by atoms with Gasteiger partial charge in [0.2, 0.25) is 21.8 Å². The molecule has 2 saturated carbocycles. The van der Waals surface area contributed by atoms with Crippen LogP contribution in [0.5, 0.6) is 0 Å². The van der Waals surface area contributed by atoms with Crippen molar-refractivity contribution in [1.29, 1.82) is 0 Å². The van der Waals surface area contributed by atoms with Crippen LogP contribution in [-0.4, -0.2) is 77.6 Å². The van der Waals surface area contributed by atoms with Gasteiger partial charge in [-0.25, -0.2) is 22.0 Å². The molecule has 2 aromatic rings. The fourth-order valence-corrected chi connectivity index (χ4v) is 8.58. The third kappa shape index (κ3) is 7.50. The molecule has 1 unspecified atom stereocenters. The summed E-state index contributed by atoms with van der Waals surface area (Å²) in [4.78, 5) is 58.2. The maximum Gasteiger partial charge on any atom is 0.410 e. The SMILES string of the molecule is CC[C@H]1C[C@]1(NC(=O)[C@@H]1CC(OC(=O)N2Cc3cccc(Cl)c3C2)CN1C(=O)[C@@H](Nc1ccc(F)c(F)c1)C(C)(C)C)C(=O)NS(=O)(=O)C1CC1. The third-order valence-electron chi connectivity index (χ3n) is 10.2. The molecule has 4 amide bonds. The molecule has 2 aliphatic heterocycles. The van der Waals surface area contributed by atoms with Gasteiger partial charge in [-0.3, -0.25) is 24.0 Å². The summed E-state index contributed by atoms with van der Waals surface area (Å²) in [6, 6.07) is 6.25. The first kappa shape index (κ1) is 36.8. The average Bonchev–Trinajstić information content (AvgIpc) is 3.95. The van der Waals surface area contributed by atoms with Gasteiger partial charge in [-0.15, -0.1) is 0 Å². The summed E-state index contributed by atoms with van der Waals surface area (Å²) in [6.07, 6.45) is -0.117. The second-order valence-corrected chi connectivity index (χ2v) is 17.4. The molecule has 276 valence electrons. The minimum atomic E-state index is -3.90. The fourth-order valence-electron chi connectivity index (χ4n) is 6.96. The molecular weight excluding hydrogens is 708 g/mol. The molecule has 2 aromatic carbocycles. The van der Waals surface area contributed by atoms with Crippen LogP contribution in [0.3, 0.4) is 0 Å². The Morgan fingerprint density at radius 1 is 1.08 bits per heavy atom. The van der Waals surface area contributed by atoms with Crippen LogP contribution >= 0.6 is 11.6 Å². The molecule has 2 heterocycles. The first-order chi connectivity index (χ1) is 23.9. The van der Waals surface area contributed by atoms with E-state index < -0.39 is 79.9 Å². The number of sulfonamides is 1. The van der Waals surface area contributed by atoms with E-state index in [1.807, 2.05) is 13.0 Å². The van der Waals surface area contributed by atoms with Gasteiger partial charge in [0.15, 0.2) is 11.6 Å². The second-order valence-electron chi connectivity index (χ2n) is 15.0. The standard InChI is InChI=1S/C35H42ClF2N5O7S/c1-5-20-15-35(20,32(46)41-51(48,49)23-10-11-23)40-30(44)28-14-22(50-33(47)42-16-19-7-6-8-25(36)24(19)18-42)17-43(28)31(45)29(34(2,3)4)39-21-9-12-26(37)27(38)13-21/h6-9,12-13,20,22-23,28-29,39H,5,10-11,14-18H2,1-4H3,(H,40,44)(H,41,46)/t20-,22?,28-,29+,35+/m0/s1. The fraction of sp³-hybridized carbons (Fsp3) is 0.543. The Balaban J connectivity index is 1.25. The van der Waals surface area contributed by atoms with Gasteiger partial charge in [0.05, 0.1) is 18.3 Å². The van der Waals surface area contributed by atoms with Crippen LogP contribution in [0, 0.1) is 23.0 Å². The summed E-state index contributed by atoms with van der Waals surface area (Å²) >= 11 is 6.34. The molecule has 0 radical (unpaired) electrons. The Morgan fingerprint density at radius 3 is 2.41 bits per heavy atom. The Labute approximate surface area is 300 Å². The van der Waals surface area contributed by atoms with E-state index >= 15 is 0 Å². The lowest BCUT2D eigenvalue weighted by Gasteiger charge is -2.36. The van der Waals surface area contributed by atoms with Crippen molar-refractivity contribution >= 4 is 51.1 Å². The topological polar surface area (TPSA) is 154 Å². The van der Waals surface area contributed by atoms with E-state index in [0.29, 0.717) is 24.3 Å². The molecule has 16 heteroatoms. The van der Waals surface area contributed by atoms with E-state index in [2.05, 4.69) is 15.4 Å². The van der Waals surface area contributed by atoms with Crippen LogP contribution in [0.25, 0.3) is 0 Å². The molecule has 51 heavy (non-hydrogen) atoms. The number of hydrogen-bond acceptors (Lipinski definition) is 8. The summed E-state index contributed by atoms with van der Waals surface area (Å²) in [5.41, 5.74) is -0.506. The third-order valence-corrected chi connectivity index (χ3v) is 12.4. The number of likely N-dealkylation sites (tertiary alicyclic amines) is 1. The lowest BCUT2D eigenvalue weighted by Crippen LogP contribution is -2.58. The summed E-state index contributed by atoms with van der Waals surface area (Å²) in [5, 5.41) is 5.64. The number of carbonyl (C=O) groups excluding carboxylic acids is 4. The number of nitrogens with zero attached hydrogens (tertiary/aromatic N) is 2. The van der Waals surface area contributed by atoms with Crippen molar-refractivity contribution < 1.29 is 41.1 Å². The second kappa shape index (κ2) is 13.5. The lowest BCUT2D eigenvalue weighted by atomic mass is 9.85. The van der Waals surface area contributed by atoms with E-state index in [-0.39, 0.29) is 44.1 Å². The Bertz CT molecular complexity index is 1870. The van der Waals surface area contributed by atoms with Gasteiger partial charge >= 0.3 is 6.09 Å².